The van der Waals surface area contributed by atoms with E-state index in [9.17, 15) is 13.2 Å². The first kappa shape index (κ1) is 17.6. The fourth-order valence-corrected chi connectivity index (χ4v) is 4.24. The molecule has 11 heteroatoms. The van der Waals surface area contributed by atoms with Crippen molar-refractivity contribution in [3.63, 3.8) is 0 Å². The van der Waals surface area contributed by atoms with Crippen LogP contribution < -0.4 is 5.43 Å². The van der Waals surface area contributed by atoms with E-state index in [1.807, 2.05) is 5.43 Å². The summed E-state index contributed by atoms with van der Waals surface area (Å²) >= 11 is 12.5. The molecular formula is C25H24Cl2N4O4S. The molecule has 3 aromatic rings. The number of halogens is 2. The minimum Gasteiger partial charge on any atom is -0.395 e. The molecule has 1 aliphatic rings. The smallest absolute Gasteiger partial charge is 0.286 e. The number of aliphatic hydroxyl groups excluding tert-OH is 1. The van der Waals surface area contributed by atoms with E-state index < -0.39 is 45.8 Å². The van der Waals surface area contributed by atoms with Crippen LogP contribution in [0.2, 0.25) is 10.0 Å². The highest BCUT2D eigenvalue weighted by molar-refractivity contribution is 7.91. The van der Waals surface area contributed by atoms with Crippen molar-refractivity contribution >= 4 is 38.9 Å². The van der Waals surface area contributed by atoms with Crippen LogP contribution >= 0.6 is 23.2 Å². The summed E-state index contributed by atoms with van der Waals surface area (Å²) < 4.78 is 91.0. The fourth-order valence-electron chi connectivity index (χ4n) is 3.27. The standard InChI is InChI=1S/C25H24Cl2N4O4S/c1-17-23(25(33)29-30-11-14-36(34,35)15-12-30)28-24(21-10-7-19(26)16-22(21)27)31(17)20-8-5-18(6-9-20)4-2-3-13-32/h5-10,16,32H,3,11-15H2,1H3,(H,29,33)/i11D2,12D2,14D2,15D2. The fraction of sp³-hybridized carbons (Fsp3) is 0.280. The van der Waals surface area contributed by atoms with E-state index >= 15 is 0 Å². The Bertz CT molecular complexity index is 1770. The number of amides is 1. The molecule has 0 atom stereocenters. The molecule has 2 heterocycles. The maximum absolute atomic E-state index is 13.6. The SMILES string of the molecule is [2H]C1([2H])N(NC(=O)c2nc(-c3ccc(Cl)cc3Cl)n(-c3ccc(C#CCCO)cc3)c2C)C([2H])([2H])C([2H])([2H])S(=O)(=O)C1([2H])[2H]. The highest BCUT2D eigenvalue weighted by Crippen LogP contribution is 2.33. The third kappa shape index (κ3) is 5.91. The number of hydrogen-bond acceptors (Lipinski definition) is 6. The maximum Gasteiger partial charge on any atom is 0.286 e. The summed E-state index contributed by atoms with van der Waals surface area (Å²) in [5.41, 5.74) is -5.02. The molecule has 0 aliphatic carbocycles. The summed E-state index contributed by atoms with van der Waals surface area (Å²) in [7, 11) is -5.73. The number of nitrogens with one attached hydrogen (secondary N) is 1. The molecule has 1 amide bonds. The van der Waals surface area contributed by atoms with Crippen LogP contribution in [0.1, 0.15) is 39.1 Å². The van der Waals surface area contributed by atoms with Crippen molar-refractivity contribution < 1.29 is 29.3 Å². The van der Waals surface area contributed by atoms with Crippen molar-refractivity contribution in [2.45, 2.75) is 13.3 Å². The van der Waals surface area contributed by atoms with Gasteiger partial charge in [-0.2, -0.15) is 0 Å². The van der Waals surface area contributed by atoms with Gasteiger partial charge in [0.05, 0.1) is 28.7 Å². The molecule has 0 radical (unpaired) electrons. The zero-order chi connectivity index (χ0) is 33.0. The van der Waals surface area contributed by atoms with Crippen LogP contribution in [0, 0.1) is 18.8 Å². The van der Waals surface area contributed by atoms with Crippen molar-refractivity contribution in [3.8, 4) is 28.9 Å². The molecule has 1 fully saturated rings. The summed E-state index contributed by atoms with van der Waals surface area (Å²) in [6, 6.07) is 11.2. The van der Waals surface area contributed by atoms with Crippen LogP contribution in [-0.4, -0.2) is 65.0 Å². The van der Waals surface area contributed by atoms with Crippen molar-refractivity contribution in [2.75, 3.05) is 31.0 Å². The van der Waals surface area contributed by atoms with Gasteiger partial charge in [-0.25, -0.2) is 18.4 Å². The summed E-state index contributed by atoms with van der Waals surface area (Å²) in [6.45, 7) is -6.18. The summed E-state index contributed by atoms with van der Waals surface area (Å²) in [5.74, 6) is 4.50. The van der Waals surface area contributed by atoms with E-state index in [1.165, 1.54) is 29.7 Å². The topological polar surface area (TPSA) is 105 Å². The maximum atomic E-state index is 13.6. The lowest BCUT2D eigenvalue weighted by Gasteiger charge is -2.26. The summed E-state index contributed by atoms with van der Waals surface area (Å²) in [5, 5.41) is 9.11. The first-order valence-electron chi connectivity index (χ1n) is 14.3. The van der Waals surface area contributed by atoms with E-state index in [0.717, 1.165) is 0 Å². The molecule has 0 spiro atoms. The van der Waals surface area contributed by atoms with E-state index in [2.05, 4.69) is 16.8 Å². The van der Waals surface area contributed by atoms with Gasteiger partial charge >= 0.3 is 0 Å². The van der Waals surface area contributed by atoms with Crippen LogP contribution in [0.4, 0.5) is 0 Å². The predicted molar refractivity (Wildman–Crippen MR) is 140 cm³/mol. The normalized spacial score (nSPS) is 24.1. The van der Waals surface area contributed by atoms with Gasteiger partial charge in [-0.05, 0) is 49.4 Å². The van der Waals surface area contributed by atoms with Gasteiger partial charge in [-0.15, -0.1) is 0 Å². The molecule has 1 aromatic heterocycles. The van der Waals surface area contributed by atoms with Gasteiger partial charge in [0.25, 0.3) is 5.91 Å². The zero-order valence-electron chi connectivity index (χ0n) is 26.6. The molecule has 0 unspecified atom stereocenters. The van der Waals surface area contributed by atoms with Crippen LogP contribution in [-0.2, 0) is 9.84 Å². The number of benzene rings is 2. The number of aliphatic hydroxyl groups is 1. The van der Waals surface area contributed by atoms with E-state index in [4.69, 9.17) is 39.3 Å². The monoisotopic (exact) mass is 554 g/mol. The van der Waals surface area contributed by atoms with Crippen LogP contribution in [0.15, 0.2) is 42.5 Å². The number of hydrazine groups is 1. The Balaban J connectivity index is 1.86. The average molecular weight is 556 g/mol. The highest BCUT2D eigenvalue weighted by atomic mass is 35.5. The highest BCUT2D eigenvalue weighted by Gasteiger charge is 2.27. The largest absolute Gasteiger partial charge is 0.395 e. The van der Waals surface area contributed by atoms with E-state index in [0.29, 0.717) is 21.8 Å². The van der Waals surface area contributed by atoms with Gasteiger partial charge in [-0.1, -0.05) is 35.0 Å². The second-order valence-corrected chi connectivity index (χ2v) is 9.62. The van der Waals surface area contributed by atoms with Gasteiger partial charge in [-0.3, -0.25) is 14.8 Å². The van der Waals surface area contributed by atoms with Crippen molar-refractivity contribution in [1.82, 2.24) is 20.0 Å². The summed E-state index contributed by atoms with van der Waals surface area (Å²) in [4.78, 5) is 18.0. The first-order chi connectivity index (χ1) is 20.2. The quantitative estimate of drug-likeness (QED) is 0.469. The Morgan fingerprint density at radius 1 is 1.19 bits per heavy atom. The number of nitrogens with zero attached hydrogens (tertiary/aromatic N) is 3. The summed E-state index contributed by atoms with van der Waals surface area (Å²) in [6.07, 6.45) is 0.280. The Hall–Kier alpha value is -2.87. The number of carbonyl (C=O) groups is 1. The lowest BCUT2D eigenvalue weighted by Crippen LogP contribution is -2.50. The molecule has 1 saturated heterocycles. The van der Waals surface area contributed by atoms with Crippen molar-refractivity contribution in [2.24, 2.45) is 0 Å². The zero-order valence-corrected chi connectivity index (χ0v) is 21.0. The number of hydrogen-bond donors (Lipinski definition) is 2. The van der Waals surface area contributed by atoms with Crippen LogP contribution in [0.3, 0.4) is 0 Å². The lowest BCUT2D eigenvalue weighted by molar-refractivity contribution is 0.0796. The second-order valence-electron chi connectivity index (χ2n) is 7.36. The van der Waals surface area contributed by atoms with Crippen LogP contribution in [0.5, 0.6) is 0 Å². The Morgan fingerprint density at radius 3 is 2.53 bits per heavy atom. The Morgan fingerprint density at radius 2 is 1.89 bits per heavy atom. The van der Waals surface area contributed by atoms with Crippen molar-refractivity contribution in [3.05, 3.63) is 69.5 Å². The van der Waals surface area contributed by atoms with E-state index in [-0.39, 0.29) is 34.6 Å². The third-order valence-electron chi connectivity index (χ3n) is 4.89. The molecule has 2 N–H and O–H groups in total. The third-order valence-corrected chi connectivity index (χ3v) is 6.15. The molecule has 36 heavy (non-hydrogen) atoms. The van der Waals surface area contributed by atoms with E-state index in [1.54, 1.807) is 24.3 Å². The molecule has 188 valence electrons. The van der Waals surface area contributed by atoms with Gasteiger partial charge < -0.3 is 5.11 Å². The Labute approximate surface area is 231 Å². The minimum atomic E-state index is -5.73. The van der Waals surface area contributed by atoms with Gasteiger partial charge in [0.1, 0.15) is 5.82 Å². The molecule has 2 aromatic carbocycles. The van der Waals surface area contributed by atoms with Gasteiger partial charge in [0, 0.05) is 52.2 Å². The molecular weight excluding hydrogens is 523 g/mol. The number of imidazole rings is 1. The lowest BCUT2D eigenvalue weighted by atomic mass is 10.1. The number of carbonyl (C=O) groups excluding carboxylic acids is 1. The minimum absolute atomic E-state index is 0.0964. The molecule has 1 aliphatic heterocycles. The van der Waals surface area contributed by atoms with Gasteiger partial charge in [0.15, 0.2) is 15.5 Å². The van der Waals surface area contributed by atoms with Gasteiger partial charge in [0.2, 0.25) is 0 Å². The second kappa shape index (κ2) is 11.0. The first-order valence-corrected chi connectivity index (χ1v) is 12.6. The molecule has 0 bridgehead atoms. The van der Waals surface area contributed by atoms with Crippen molar-refractivity contribution in [1.29, 1.82) is 0 Å². The average Bonchev–Trinajstić information content (AvgIpc) is 3.27. The predicted octanol–water partition coefficient (Wildman–Crippen LogP) is 3.26. The Kier molecular flexibility index (Phi) is 5.38. The molecule has 4 rings (SSSR count). The molecule has 8 nitrogen and oxygen atoms in total. The number of rotatable bonds is 5. The molecule has 0 saturated carbocycles. The number of sulfone groups is 1. The van der Waals surface area contributed by atoms with Crippen LogP contribution in [0.25, 0.3) is 17.1 Å². The number of aromatic nitrogens is 2.